The van der Waals surface area contributed by atoms with Gasteiger partial charge in [-0.3, -0.25) is 9.59 Å². The maximum absolute atomic E-state index is 11.8. The SMILES string of the molecule is COc1ccc(C(=O)CC(=O)C(C)C)c(O)c1. The van der Waals surface area contributed by atoms with Gasteiger partial charge in [0.05, 0.1) is 19.1 Å². The highest BCUT2D eigenvalue weighted by Gasteiger charge is 2.17. The Labute approximate surface area is 100 Å². The van der Waals surface area contributed by atoms with Crippen molar-refractivity contribution in [2.24, 2.45) is 5.92 Å². The van der Waals surface area contributed by atoms with Crippen LogP contribution in [0.3, 0.4) is 0 Å². The topological polar surface area (TPSA) is 63.6 Å². The van der Waals surface area contributed by atoms with Gasteiger partial charge >= 0.3 is 0 Å². The maximum Gasteiger partial charge on any atom is 0.173 e. The van der Waals surface area contributed by atoms with Crippen LogP contribution in [0.4, 0.5) is 0 Å². The zero-order valence-electron chi connectivity index (χ0n) is 10.2. The van der Waals surface area contributed by atoms with Crippen molar-refractivity contribution >= 4 is 11.6 Å². The van der Waals surface area contributed by atoms with E-state index in [1.54, 1.807) is 19.9 Å². The summed E-state index contributed by atoms with van der Waals surface area (Å²) in [5.74, 6) is -0.381. The van der Waals surface area contributed by atoms with Crippen molar-refractivity contribution < 1.29 is 19.4 Å². The third kappa shape index (κ3) is 3.31. The second-order valence-electron chi connectivity index (χ2n) is 4.10. The van der Waals surface area contributed by atoms with E-state index in [9.17, 15) is 14.7 Å². The van der Waals surface area contributed by atoms with Gasteiger partial charge in [0, 0.05) is 12.0 Å². The highest BCUT2D eigenvalue weighted by Crippen LogP contribution is 2.24. The van der Waals surface area contributed by atoms with Gasteiger partial charge in [0.25, 0.3) is 0 Å². The minimum absolute atomic E-state index is 0.134. The number of aromatic hydroxyl groups is 1. The normalized spacial score (nSPS) is 10.4. The van der Waals surface area contributed by atoms with Crippen LogP contribution >= 0.6 is 0 Å². The fourth-order valence-electron chi connectivity index (χ4n) is 1.33. The van der Waals surface area contributed by atoms with Crippen LogP contribution in [0.25, 0.3) is 0 Å². The average Bonchev–Trinajstić information content (AvgIpc) is 2.28. The van der Waals surface area contributed by atoms with Gasteiger partial charge in [0.2, 0.25) is 0 Å². The molecule has 0 saturated heterocycles. The Morgan fingerprint density at radius 3 is 2.47 bits per heavy atom. The number of ketones is 2. The van der Waals surface area contributed by atoms with Gasteiger partial charge < -0.3 is 9.84 Å². The number of phenols is 1. The quantitative estimate of drug-likeness (QED) is 0.628. The van der Waals surface area contributed by atoms with E-state index in [-0.39, 0.29) is 35.2 Å². The van der Waals surface area contributed by atoms with Gasteiger partial charge in [-0.2, -0.15) is 0 Å². The largest absolute Gasteiger partial charge is 0.507 e. The molecular formula is C13H16O4. The van der Waals surface area contributed by atoms with E-state index in [2.05, 4.69) is 0 Å². The molecule has 17 heavy (non-hydrogen) atoms. The van der Waals surface area contributed by atoms with Gasteiger partial charge in [-0.1, -0.05) is 13.8 Å². The molecule has 0 saturated carbocycles. The first kappa shape index (κ1) is 13.2. The first-order chi connectivity index (χ1) is 7.95. The molecule has 4 nitrogen and oxygen atoms in total. The van der Waals surface area contributed by atoms with Crippen LogP contribution in [0.15, 0.2) is 18.2 Å². The highest BCUT2D eigenvalue weighted by atomic mass is 16.5. The van der Waals surface area contributed by atoms with E-state index < -0.39 is 0 Å². The van der Waals surface area contributed by atoms with Gasteiger partial charge in [-0.25, -0.2) is 0 Å². The van der Waals surface area contributed by atoms with Crippen LogP contribution in [0.5, 0.6) is 11.5 Å². The molecule has 0 bridgehead atoms. The number of phenolic OH excluding ortho intramolecular Hbond substituents is 1. The van der Waals surface area contributed by atoms with Crippen molar-refractivity contribution in [1.82, 2.24) is 0 Å². The number of hydrogen-bond acceptors (Lipinski definition) is 4. The lowest BCUT2D eigenvalue weighted by molar-refractivity contribution is -0.121. The molecule has 92 valence electrons. The summed E-state index contributed by atoms with van der Waals surface area (Å²) >= 11 is 0. The molecule has 0 heterocycles. The summed E-state index contributed by atoms with van der Waals surface area (Å²) in [5.41, 5.74) is 0.153. The van der Waals surface area contributed by atoms with Crippen LogP contribution in [0.2, 0.25) is 0 Å². The van der Waals surface area contributed by atoms with E-state index in [1.807, 2.05) is 0 Å². The van der Waals surface area contributed by atoms with Gasteiger partial charge in [0.15, 0.2) is 5.78 Å². The van der Waals surface area contributed by atoms with Crippen LogP contribution in [-0.4, -0.2) is 23.8 Å². The van der Waals surface area contributed by atoms with Crippen molar-refractivity contribution in [2.45, 2.75) is 20.3 Å². The summed E-state index contributed by atoms with van der Waals surface area (Å²) in [4.78, 5) is 23.2. The van der Waals surface area contributed by atoms with Crippen molar-refractivity contribution in [3.63, 3.8) is 0 Å². The Balaban J connectivity index is 2.86. The molecule has 0 fully saturated rings. The third-order valence-electron chi connectivity index (χ3n) is 2.48. The number of benzene rings is 1. The van der Waals surface area contributed by atoms with Gasteiger partial charge in [-0.05, 0) is 12.1 Å². The Hall–Kier alpha value is -1.84. The minimum Gasteiger partial charge on any atom is -0.507 e. The summed E-state index contributed by atoms with van der Waals surface area (Å²) in [6.45, 7) is 3.48. The zero-order valence-corrected chi connectivity index (χ0v) is 10.2. The molecule has 0 unspecified atom stereocenters. The predicted octanol–water partition coefficient (Wildman–Crippen LogP) is 2.20. The Bertz CT molecular complexity index is 435. The molecule has 1 N–H and O–H groups in total. The minimum atomic E-state index is -0.371. The summed E-state index contributed by atoms with van der Waals surface area (Å²) in [6, 6.07) is 4.39. The number of Topliss-reactive ketones (excluding diaryl/α,β-unsaturated/α-hetero) is 2. The monoisotopic (exact) mass is 236 g/mol. The molecule has 0 amide bonds. The fourth-order valence-corrected chi connectivity index (χ4v) is 1.33. The first-order valence-electron chi connectivity index (χ1n) is 5.38. The standard InChI is InChI=1S/C13H16O4/c1-8(2)11(14)7-13(16)10-5-4-9(17-3)6-12(10)15/h4-6,8,15H,7H2,1-3H3. The number of methoxy groups -OCH3 is 1. The zero-order chi connectivity index (χ0) is 13.0. The van der Waals surface area contributed by atoms with Gasteiger partial charge in [0.1, 0.15) is 17.3 Å². The molecule has 0 aliphatic heterocycles. The van der Waals surface area contributed by atoms with E-state index in [0.717, 1.165) is 0 Å². The van der Waals surface area contributed by atoms with Crippen LogP contribution < -0.4 is 4.74 Å². The molecule has 1 aromatic carbocycles. The lowest BCUT2D eigenvalue weighted by Gasteiger charge is -2.07. The summed E-state index contributed by atoms with van der Waals surface area (Å²) in [7, 11) is 1.47. The highest BCUT2D eigenvalue weighted by molar-refractivity contribution is 6.09. The summed E-state index contributed by atoms with van der Waals surface area (Å²) in [5, 5.41) is 9.63. The Morgan fingerprint density at radius 2 is 2.00 bits per heavy atom. The first-order valence-corrected chi connectivity index (χ1v) is 5.38. The van der Waals surface area contributed by atoms with Crippen LogP contribution in [-0.2, 0) is 4.79 Å². The Kier molecular flexibility index (Phi) is 4.26. The summed E-state index contributed by atoms with van der Waals surface area (Å²) in [6.07, 6.45) is -0.183. The molecule has 1 aromatic rings. The van der Waals surface area contributed by atoms with Crippen molar-refractivity contribution in [3.8, 4) is 11.5 Å². The smallest absolute Gasteiger partial charge is 0.173 e. The lowest BCUT2D eigenvalue weighted by atomic mass is 9.99. The van der Waals surface area contributed by atoms with E-state index in [4.69, 9.17) is 4.74 Å². The third-order valence-corrected chi connectivity index (χ3v) is 2.48. The van der Waals surface area contributed by atoms with Crippen molar-refractivity contribution in [1.29, 1.82) is 0 Å². The van der Waals surface area contributed by atoms with E-state index >= 15 is 0 Å². The predicted molar refractivity (Wildman–Crippen MR) is 63.5 cm³/mol. The van der Waals surface area contributed by atoms with Crippen molar-refractivity contribution in [2.75, 3.05) is 7.11 Å². The van der Waals surface area contributed by atoms with Crippen LogP contribution in [0, 0.1) is 5.92 Å². The average molecular weight is 236 g/mol. The molecule has 0 radical (unpaired) electrons. The number of ether oxygens (including phenoxy) is 1. The van der Waals surface area contributed by atoms with Crippen LogP contribution in [0.1, 0.15) is 30.6 Å². The second kappa shape index (κ2) is 5.48. The number of rotatable bonds is 5. The number of carbonyl (C=O) groups excluding carboxylic acids is 2. The number of hydrogen-bond donors (Lipinski definition) is 1. The molecule has 0 aliphatic carbocycles. The summed E-state index contributed by atoms with van der Waals surface area (Å²) < 4.78 is 4.91. The second-order valence-corrected chi connectivity index (χ2v) is 4.10. The maximum atomic E-state index is 11.8. The molecule has 0 atom stereocenters. The molecule has 0 aromatic heterocycles. The molecular weight excluding hydrogens is 220 g/mol. The van der Waals surface area contributed by atoms with E-state index in [0.29, 0.717) is 5.75 Å². The number of carbonyl (C=O) groups is 2. The lowest BCUT2D eigenvalue weighted by Crippen LogP contribution is -2.13. The fraction of sp³-hybridized carbons (Fsp3) is 0.385. The van der Waals surface area contributed by atoms with Crippen molar-refractivity contribution in [3.05, 3.63) is 23.8 Å². The van der Waals surface area contributed by atoms with Gasteiger partial charge in [-0.15, -0.1) is 0 Å². The Morgan fingerprint density at radius 1 is 1.35 bits per heavy atom. The molecule has 4 heteroatoms. The molecule has 1 rings (SSSR count). The molecule has 0 spiro atoms. The molecule has 0 aliphatic rings. The van der Waals surface area contributed by atoms with E-state index in [1.165, 1.54) is 19.2 Å².